The summed E-state index contributed by atoms with van der Waals surface area (Å²) in [7, 11) is 0. The largest absolute Gasteiger partial charge is 0.315 e. The summed E-state index contributed by atoms with van der Waals surface area (Å²) in [4.78, 5) is 12.2. The second-order valence-corrected chi connectivity index (χ2v) is 5.23. The fourth-order valence-corrected chi connectivity index (χ4v) is 2.12. The van der Waals surface area contributed by atoms with Gasteiger partial charge in [-0.05, 0) is 32.4 Å². The highest BCUT2D eigenvalue weighted by Crippen LogP contribution is 2.01. The molecule has 0 saturated heterocycles. The topological polar surface area (TPSA) is 51.3 Å². The number of nitrogens with zero attached hydrogens (tertiary/aromatic N) is 3. The average Bonchev–Trinajstić information content (AvgIpc) is 2.73. The molecule has 0 amide bonds. The molecule has 0 aliphatic carbocycles. The first kappa shape index (κ1) is 13.8. The van der Waals surface area contributed by atoms with Crippen molar-refractivity contribution in [3.63, 3.8) is 0 Å². The number of hydrogen-bond donors (Lipinski definition) is 1. The Balaban J connectivity index is 1.97. The zero-order valence-corrected chi connectivity index (χ0v) is 11.9. The van der Waals surface area contributed by atoms with E-state index < -0.39 is 0 Å². The predicted molar refractivity (Wildman–Crippen MR) is 76.6 cm³/mol. The molecule has 0 radical (unpaired) electrons. The van der Waals surface area contributed by atoms with Crippen molar-refractivity contribution in [2.24, 2.45) is 0 Å². The van der Waals surface area contributed by atoms with Gasteiger partial charge in [0.05, 0.1) is 5.69 Å². The average molecular weight is 262 g/mol. The number of aromatic nitrogens is 3. The molecule has 0 atom stereocenters. The van der Waals surface area contributed by atoms with Crippen LogP contribution in [0.4, 0.5) is 0 Å². The summed E-state index contributed by atoms with van der Waals surface area (Å²) in [5, 5.41) is 7.62. The van der Waals surface area contributed by atoms with Gasteiger partial charge >= 0.3 is 0 Å². The molecule has 0 unspecified atom stereocenters. The van der Waals surface area contributed by atoms with Gasteiger partial charge in [0.25, 0.3) is 5.56 Å². The third kappa shape index (κ3) is 3.44. The molecule has 1 N–H and O–H groups in total. The molecular formula is C14H22N4O. The van der Waals surface area contributed by atoms with Gasteiger partial charge in [0.15, 0.2) is 0 Å². The lowest BCUT2D eigenvalue weighted by molar-refractivity contribution is 0.526. The number of aryl methyl sites for hydroxylation is 2. The second-order valence-electron chi connectivity index (χ2n) is 5.23. The maximum atomic E-state index is 12.2. The summed E-state index contributed by atoms with van der Waals surface area (Å²) >= 11 is 0. The van der Waals surface area contributed by atoms with E-state index in [2.05, 4.69) is 24.3 Å². The van der Waals surface area contributed by atoms with E-state index in [0.29, 0.717) is 11.6 Å². The lowest BCUT2D eigenvalue weighted by Gasteiger charge is -2.08. The van der Waals surface area contributed by atoms with Crippen molar-refractivity contribution < 1.29 is 0 Å². The number of rotatable bonds is 6. The fraction of sp³-hybridized carbons (Fsp3) is 0.571. The van der Waals surface area contributed by atoms with Crippen LogP contribution < -0.4 is 10.9 Å². The molecule has 2 heterocycles. The van der Waals surface area contributed by atoms with E-state index in [1.54, 1.807) is 9.08 Å². The van der Waals surface area contributed by atoms with Gasteiger partial charge in [0.1, 0.15) is 5.52 Å². The van der Waals surface area contributed by atoms with Gasteiger partial charge in [-0.2, -0.15) is 5.10 Å². The molecule has 104 valence electrons. The predicted octanol–water partition coefficient (Wildman–Crippen LogP) is 1.58. The van der Waals surface area contributed by atoms with Crippen LogP contribution in [0, 0.1) is 6.92 Å². The van der Waals surface area contributed by atoms with Crippen LogP contribution in [0.2, 0.25) is 0 Å². The Hall–Kier alpha value is -1.62. The van der Waals surface area contributed by atoms with Crippen molar-refractivity contribution in [1.29, 1.82) is 0 Å². The first-order valence-corrected chi connectivity index (χ1v) is 6.87. The maximum Gasteiger partial charge on any atom is 0.276 e. The van der Waals surface area contributed by atoms with Crippen LogP contribution in [-0.4, -0.2) is 26.8 Å². The van der Waals surface area contributed by atoms with Crippen LogP contribution >= 0.6 is 0 Å². The van der Waals surface area contributed by atoms with Crippen molar-refractivity contribution >= 4 is 5.52 Å². The van der Waals surface area contributed by atoms with Crippen LogP contribution in [0.3, 0.4) is 0 Å². The summed E-state index contributed by atoms with van der Waals surface area (Å²) in [6.45, 7) is 7.94. The quantitative estimate of drug-likeness (QED) is 0.804. The highest BCUT2D eigenvalue weighted by Gasteiger charge is 2.04. The molecular weight excluding hydrogens is 240 g/mol. The fourth-order valence-electron chi connectivity index (χ4n) is 2.12. The summed E-state index contributed by atoms with van der Waals surface area (Å²) in [6.07, 6.45) is 5.74. The van der Waals surface area contributed by atoms with Crippen molar-refractivity contribution in [3.05, 3.63) is 34.5 Å². The third-order valence-electron chi connectivity index (χ3n) is 3.10. The first-order chi connectivity index (χ1) is 9.08. The highest BCUT2D eigenvalue weighted by molar-refractivity contribution is 5.44. The van der Waals surface area contributed by atoms with E-state index in [0.717, 1.165) is 31.6 Å². The van der Waals surface area contributed by atoms with Gasteiger partial charge < -0.3 is 9.88 Å². The zero-order valence-electron chi connectivity index (χ0n) is 11.9. The smallest absolute Gasteiger partial charge is 0.276 e. The van der Waals surface area contributed by atoms with Crippen molar-refractivity contribution in [2.75, 3.05) is 6.54 Å². The minimum Gasteiger partial charge on any atom is -0.315 e. The summed E-state index contributed by atoms with van der Waals surface area (Å²) < 4.78 is 3.42. The molecule has 0 bridgehead atoms. The standard InChI is InChI=1S/C14H22N4O/c1-11(2)15-6-4-5-7-17-8-9-18-13(14(17)19)10-12(3)16-18/h8-11,15H,4-7H2,1-3H3. The van der Waals surface area contributed by atoms with E-state index in [-0.39, 0.29) is 5.56 Å². The molecule has 0 aliphatic rings. The monoisotopic (exact) mass is 262 g/mol. The molecule has 2 rings (SSSR count). The zero-order chi connectivity index (χ0) is 13.8. The number of fused-ring (bicyclic) bond motifs is 1. The molecule has 0 aromatic carbocycles. The van der Waals surface area contributed by atoms with Crippen LogP contribution in [0.15, 0.2) is 23.3 Å². The Labute approximate surface area is 113 Å². The number of hydrogen-bond acceptors (Lipinski definition) is 3. The second kappa shape index (κ2) is 6.02. The lowest BCUT2D eigenvalue weighted by atomic mass is 10.3. The molecule has 0 fully saturated rings. The van der Waals surface area contributed by atoms with E-state index >= 15 is 0 Å². The van der Waals surface area contributed by atoms with Crippen molar-refractivity contribution in [2.45, 2.75) is 46.2 Å². The van der Waals surface area contributed by atoms with Crippen molar-refractivity contribution in [3.8, 4) is 0 Å². The summed E-state index contributed by atoms with van der Waals surface area (Å²) in [5.41, 5.74) is 1.57. The Morgan fingerprint density at radius 3 is 2.84 bits per heavy atom. The molecule has 5 nitrogen and oxygen atoms in total. The molecule has 0 spiro atoms. The molecule has 5 heteroatoms. The van der Waals surface area contributed by atoms with E-state index in [9.17, 15) is 4.79 Å². The molecule has 2 aromatic rings. The molecule has 0 aliphatic heterocycles. The highest BCUT2D eigenvalue weighted by atomic mass is 16.1. The van der Waals surface area contributed by atoms with E-state index in [1.165, 1.54) is 0 Å². The summed E-state index contributed by atoms with van der Waals surface area (Å²) in [6, 6.07) is 2.35. The Bertz CT molecular complexity index is 597. The lowest BCUT2D eigenvalue weighted by Crippen LogP contribution is -2.25. The minimum absolute atomic E-state index is 0.0416. The van der Waals surface area contributed by atoms with E-state index in [1.807, 2.05) is 25.4 Å². The molecule has 2 aromatic heterocycles. The minimum atomic E-state index is 0.0416. The Kier molecular flexibility index (Phi) is 4.37. The maximum absolute atomic E-state index is 12.2. The van der Waals surface area contributed by atoms with Crippen LogP contribution in [0.1, 0.15) is 32.4 Å². The molecule has 19 heavy (non-hydrogen) atoms. The van der Waals surface area contributed by atoms with Crippen LogP contribution in [0.25, 0.3) is 5.52 Å². The van der Waals surface area contributed by atoms with Gasteiger partial charge in [0.2, 0.25) is 0 Å². The number of unbranched alkanes of at least 4 members (excludes halogenated alkanes) is 1. The van der Waals surface area contributed by atoms with Gasteiger partial charge in [-0.1, -0.05) is 13.8 Å². The SMILES string of the molecule is Cc1cc2c(=O)n(CCCCNC(C)C)ccn2n1. The summed E-state index contributed by atoms with van der Waals surface area (Å²) in [5.74, 6) is 0. The third-order valence-corrected chi connectivity index (χ3v) is 3.10. The van der Waals surface area contributed by atoms with Gasteiger partial charge in [-0.15, -0.1) is 0 Å². The first-order valence-electron chi connectivity index (χ1n) is 6.87. The molecule has 0 saturated carbocycles. The van der Waals surface area contributed by atoms with Crippen molar-refractivity contribution in [1.82, 2.24) is 19.5 Å². The normalized spacial score (nSPS) is 11.6. The van der Waals surface area contributed by atoms with Crippen LogP contribution in [-0.2, 0) is 6.54 Å². The Morgan fingerprint density at radius 1 is 1.32 bits per heavy atom. The van der Waals surface area contributed by atoms with Gasteiger partial charge in [0, 0.05) is 25.0 Å². The van der Waals surface area contributed by atoms with Gasteiger partial charge in [-0.25, -0.2) is 4.52 Å². The van der Waals surface area contributed by atoms with Gasteiger partial charge in [-0.3, -0.25) is 4.79 Å². The van der Waals surface area contributed by atoms with Crippen LogP contribution in [0.5, 0.6) is 0 Å². The number of nitrogens with one attached hydrogen (secondary N) is 1. The Morgan fingerprint density at radius 2 is 2.11 bits per heavy atom. The van der Waals surface area contributed by atoms with E-state index in [4.69, 9.17) is 0 Å².